The van der Waals surface area contributed by atoms with E-state index in [1.54, 1.807) is 25.1 Å². The number of carboxylic acids is 1. The quantitative estimate of drug-likeness (QED) is 0.368. The van der Waals surface area contributed by atoms with Gasteiger partial charge in [-0.05, 0) is 36.3 Å². The fourth-order valence-corrected chi connectivity index (χ4v) is 2.21. The average Bonchev–Trinajstić information content (AvgIpc) is 2.61. The lowest BCUT2D eigenvalue weighted by atomic mass is 10.0. The average molecular weight is 351 g/mol. The van der Waals surface area contributed by atoms with Crippen LogP contribution in [0.2, 0.25) is 0 Å². The van der Waals surface area contributed by atoms with Crippen LogP contribution in [0.3, 0.4) is 0 Å². The molecule has 0 aliphatic heterocycles. The number of nitro benzene ring substituents is 1. The maximum Gasteiger partial charge on any atom is 0.336 e. The van der Waals surface area contributed by atoms with Crippen molar-refractivity contribution in [2.45, 2.75) is 6.92 Å². The SMILES string of the molecule is Cc1ccc(NC(=O)/C(C#N)=C/c2ccccc2C(=O)O)c([N+](=O)[O-])c1. The van der Waals surface area contributed by atoms with Gasteiger partial charge in [0.2, 0.25) is 0 Å². The molecule has 2 N–H and O–H groups in total. The second-order valence-corrected chi connectivity index (χ2v) is 5.29. The van der Waals surface area contributed by atoms with Crippen molar-refractivity contribution in [3.8, 4) is 6.07 Å². The Morgan fingerprint density at radius 1 is 1.27 bits per heavy atom. The van der Waals surface area contributed by atoms with Crippen molar-refractivity contribution in [2.24, 2.45) is 0 Å². The first-order chi connectivity index (χ1) is 12.3. The predicted molar refractivity (Wildman–Crippen MR) is 93.5 cm³/mol. The van der Waals surface area contributed by atoms with E-state index in [0.717, 1.165) is 6.08 Å². The first-order valence-electron chi connectivity index (χ1n) is 7.34. The van der Waals surface area contributed by atoms with Crippen LogP contribution >= 0.6 is 0 Å². The molecular weight excluding hydrogens is 338 g/mol. The van der Waals surface area contributed by atoms with Crippen LogP contribution in [0.1, 0.15) is 21.5 Å². The van der Waals surface area contributed by atoms with Gasteiger partial charge in [-0.2, -0.15) is 5.26 Å². The predicted octanol–water partition coefficient (Wildman–Crippen LogP) is 3.15. The summed E-state index contributed by atoms with van der Waals surface area (Å²) in [6.07, 6.45) is 1.12. The Morgan fingerprint density at radius 3 is 2.58 bits per heavy atom. The number of nitrogens with one attached hydrogen (secondary N) is 1. The number of hydrogen-bond donors (Lipinski definition) is 2. The summed E-state index contributed by atoms with van der Waals surface area (Å²) < 4.78 is 0. The summed E-state index contributed by atoms with van der Waals surface area (Å²) in [5.41, 5.74) is -0.00553. The lowest BCUT2D eigenvalue weighted by Gasteiger charge is -2.07. The number of carbonyl (C=O) groups is 2. The van der Waals surface area contributed by atoms with Crippen LogP contribution in [0.5, 0.6) is 0 Å². The van der Waals surface area contributed by atoms with Crippen LogP contribution in [0.15, 0.2) is 48.0 Å². The highest BCUT2D eigenvalue weighted by Crippen LogP contribution is 2.26. The molecule has 0 aromatic heterocycles. The molecule has 0 bridgehead atoms. The second-order valence-electron chi connectivity index (χ2n) is 5.29. The highest BCUT2D eigenvalue weighted by molar-refractivity contribution is 6.11. The van der Waals surface area contributed by atoms with Gasteiger partial charge >= 0.3 is 5.97 Å². The van der Waals surface area contributed by atoms with Crippen LogP contribution in [0.4, 0.5) is 11.4 Å². The molecule has 0 fully saturated rings. The molecule has 26 heavy (non-hydrogen) atoms. The number of anilines is 1. The van der Waals surface area contributed by atoms with Gasteiger partial charge in [-0.15, -0.1) is 0 Å². The number of amides is 1. The third-order valence-corrected chi connectivity index (χ3v) is 3.45. The Kier molecular flexibility index (Phi) is 5.45. The van der Waals surface area contributed by atoms with Gasteiger partial charge in [0.05, 0.1) is 10.5 Å². The van der Waals surface area contributed by atoms with Crippen molar-refractivity contribution in [1.82, 2.24) is 0 Å². The van der Waals surface area contributed by atoms with Crippen molar-refractivity contribution in [1.29, 1.82) is 5.26 Å². The first kappa shape index (κ1) is 18.4. The number of carboxylic acid groups (broad SMARTS) is 1. The number of aryl methyl sites for hydroxylation is 1. The Labute approximate surface area is 148 Å². The van der Waals surface area contributed by atoms with Crippen LogP contribution in [0, 0.1) is 28.4 Å². The van der Waals surface area contributed by atoms with E-state index in [-0.39, 0.29) is 28.1 Å². The van der Waals surface area contributed by atoms with Crippen molar-refractivity contribution in [2.75, 3.05) is 5.32 Å². The third kappa shape index (κ3) is 4.10. The molecule has 0 radical (unpaired) electrons. The van der Waals surface area contributed by atoms with E-state index in [4.69, 9.17) is 5.11 Å². The van der Waals surface area contributed by atoms with Gasteiger partial charge in [-0.1, -0.05) is 24.3 Å². The first-order valence-corrected chi connectivity index (χ1v) is 7.34. The molecule has 0 spiro atoms. The summed E-state index contributed by atoms with van der Waals surface area (Å²) >= 11 is 0. The van der Waals surface area contributed by atoms with Crippen molar-refractivity contribution >= 4 is 29.3 Å². The van der Waals surface area contributed by atoms with Gasteiger partial charge in [0.1, 0.15) is 17.3 Å². The number of nitriles is 1. The molecule has 2 aromatic rings. The zero-order valence-corrected chi connectivity index (χ0v) is 13.6. The highest BCUT2D eigenvalue weighted by Gasteiger charge is 2.19. The fourth-order valence-electron chi connectivity index (χ4n) is 2.21. The molecule has 0 saturated heterocycles. The number of benzene rings is 2. The van der Waals surface area contributed by atoms with Crippen molar-refractivity contribution < 1.29 is 19.6 Å². The monoisotopic (exact) mass is 351 g/mol. The number of nitrogens with zero attached hydrogens (tertiary/aromatic N) is 2. The summed E-state index contributed by atoms with van der Waals surface area (Å²) in [6, 6.07) is 11.8. The van der Waals surface area contributed by atoms with Gasteiger partial charge in [-0.3, -0.25) is 14.9 Å². The minimum atomic E-state index is -1.20. The summed E-state index contributed by atoms with van der Waals surface area (Å²) in [6.45, 7) is 1.67. The Bertz CT molecular complexity index is 973. The van der Waals surface area contributed by atoms with Gasteiger partial charge in [0.15, 0.2) is 0 Å². The molecule has 2 rings (SSSR count). The zero-order valence-electron chi connectivity index (χ0n) is 13.6. The Morgan fingerprint density at radius 2 is 1.96 bits per heavy atom. The summed E-state index contributed by atoms with van der Waals surface area (Å²) in [5.74, 6) is -2.08. The van der Waals surface area contributed by atoms with Crippen molar-refractivity contribution in [3.63, 3.8) is 0 Å². The van der Waals surface area contributed by atoms with Crippen LogP contribution in [-0.2, 0) is 4.79 Å². The highest BCUT2D eigenvalue weighted by atomic mass is 16.6. The lowest BCUT2D eigenvalue weighted by molar-refractivity contribution is -0.384. The van der Waals surface area contributed by atoms with E-state index >= 15 is 0 Å². The Hall–Kier alpha value is -3.99. The molecule has 0 saturated carbocycles. The van der Waals surface area contributed by atoms with Gasteiger partial charge < -0.3 is 10.4 Å². The van der Waals surface area contributed by atoms with Gasteiger partial charge in [0.25, 0.3) is 11.6 Å². The number of nitro groups is 1. The number of aromatic carboxylic acids is 1. The summed E-state index contributed by atoms with van der Waals surface area (Å²) in [7, 11) is 0. The molecule has 0 unspecified atom stereocenters. The fraction of sp³-hybridized carbons (Fsp3) is 0.0556. The summed E-state index contributed by atoms with van der Waals surface area (Å²) in [4.78, 5) is 34.0. The molecule has 1 amide bonds. The van der Waals surface area contributed by atoms with Crippen LogP contribution in [0.25, 0.3) is 6.08 Å². The standard InChI is InChI=1S/C18H13N3O5/c1-11-6-7-15(16(8-11)21(25)26)20-17(22)13(10-19)9-12-4-2-3-5-14(12)18(23)24/h2-9H,1H3,(H,20,22)(H,23,24)/b13-9+. The molecule has 0 aliphatic rings. The molecule has 0 atom stereocenters. The number of rotatable bonds is 5. The molecule has 0 heterocycles. The van der Waals surface area contributed by atoms with Gasteiger partial charge in [0, 0.05) is 6.07 Å². The lowest BCUT2D eigenvalue weighted by Crippen LogP contribution is -2.15. The zero-order chi connectivity index (χ0) is 19.3. The van der Waals surface area contributed by atoms with Crippen molar-refractivity contribution in [3.05, 3.63) is 74.8 Å². The number of carbonyl (C=O) groups excluding carboxylic acids is 1. The number of hydrogen-bond acceptors (Lipinski definition) is 5. The second kappa shape index (κ2) is 7.72. The van der Waals surface area contributed by atoms with Crippen LogP contribution in [-0.4, -0.2) is 21.9 Å². The molecular formula is C18H13N3O5. The minimum absolute atomic E-state index is 0.0572. The molecule has 0 aliphatic carbocycles. The maximum atomic E-state index is 12.3. The Balaban J connectivity index is 2.39. The van der Waals surface area contributed by atoms with E-state index in [1.807, 2.05) is 0 Å². The van der Waals surface area contributed by atoms with Crippen LogP contribution < -0.4 is 5.32 Å². The molecule has 8 nitrogen and oxygen atoms in total. The van der Waals surface area contributed by atoms with Gasteiger partial charge in [-0.25, -0.2) is 4.79 Å². The van der Waals surface area contributed by atoms with E-state index < -0.39 is 16.8 Å². The maximum absolute atomic E-state index is 12.3. The molecule has 2 aromatic carbocycles. The minimum Gasteiger partial charge on any atom is -0.478 e. The largest absolute Gasteiger partial charge is 0.478 e. The smallest absolute Gasteiger partial charge is 0.336 e. The molecule has 8 heteroatoms. The topological polar surface area (TPSA) is 133 Å². The van der Waals surface area contributed by atoms with E-state index in [9.17, 15) is 25.0 Å². The van der Waals surface area contributed by atoms with E-state index in [0.29, 0.717) is 5.56 Å². The third-order valence-electron chi connectivity index (χ3n) is 3.45. The summed E-state index contributed by atoms with van der Waals surface area (Å²) in [5, 5.41) is 31.8. The van der Waals surface area contributed by atoms with E-state index in [1.165, 1.54) is 30.3 Å². The normalized spacial score (nSPS) is 10.7. The molecule has 130 valence electrons. The van der Waals surface area contributed by atoms with E-state index in [2.05, 4.69) is 5.32 Å².